The lowest BCUT2D eigenvalue weighted by Crippen LogP contribution is -2.26. The molecule has 1 aliphatic rings. The fraction of sp³-hybridized carbons (Fsp3) is 0.500. The molecule has 0 bridgehead atoms. The van der Waals surface area contributed by atoms with Crippen molar-refractivity contribution >= 4 is 21.5 Å². The largest absolute Gasteiger partial charge is 0.366 e. The van der Waals surface area contributed by atoms with Crippen molar-refractivity contribution in [3.8, 4) is 0 Å². The smallest absolute Gasteiger partial charge is 0.178 e. The molecule has 0 amide bonds. The minimum Gasteiger partial charge on any atom is -0.366 e. The summed E-state index contributed by atoms with van der Waals surface area (Å²) in [6.45, 7) is 0.0435. The second-order valence-electron chi connectivity index (χ2n) is 4.31. The number of hydrazine groups is 1. The normalized spacial score (nSPS) is 21.3. The van der Waals surface area contributed by atoms with Crippen LogP contribution in [0, 0.1) is 11.6 Å². The zero-order valence-corrected chi connectivity index (χ0v) is 10.8. The zero-order chi connectivity index (χ0) is 14.0. The number of aromatic nitrogens is 1. The fourth-order valence-electron chi connectivity index (χ4n) is 1.99. The molecule has 1 aliphatic heterocycles. The Morgan fingerprint density at radius 3 is 2.63 bits per heavy atom. The highest BCUT2D eigenvalue weighted by Crippen LogP contribution is 2.22. The number of hydrogen-bond acceptors (Lipinski definition) is 6. The van der Waals surface area contributed by atoms with Crippen LogP contribution in [0.5, 0.6) is 0 Å². The average molecular weight is 292 g/mol. The van der Waals surface area contributed by atoms with Crippen LogP contribution in [0.1, 0.15) is 12.8 Å². The summed E-state index contributed by atoms with van der Waals surface area (Å²) < 4.78 is 49.8. The van der Waals surface area contributed by atoms with Crippen LogP contribution in [0.2, 0.25) is 0 Å². The molecule has 0 aromatic carbocycles. The second kappa shape index (κ2) is 5.25. The zero-order valence-electron chi connectivity index (χ0n) is 9.99. The van der Waals surface area contributed by atoms with E-state index < -0.39 is 26.7 Å². The number of rotatable bonds is 4. The van der Waals surface area contributed by atoms with E-state index in [4.69, 9.17) is 5.84 Å². The topological polar surface area (TPSA) is 97.1 Å². The van der Waals surface area contributed by atoms with E-state index in [1.54, 1.807) is 0 Å². The first-order valence-corrected chi connectivity index (χ1v) is 7.43. The van der Waals surface area contributed by atoms with Gasteiger partial charge < -0.3 is 10.7 Å². The molecule has 0 aliphatic carbocycles. The Kier molecular flexibility index (Phi) is 3.85. The number of hydrogen-bond donors (Lipinski definition) is 3. The van der Waals surface area contributed by atoms with Crippen LogP contribution in [-0.4, -0.2) is 30.9 Å². The van der Waals surface area contributed by atoms with Crippen LogP contribution in [0.3, 0.4) is 0 Å². The summed E-state index contributed by atoms with van der Waals surface area (Å²) in [6, 6.07) is 0.633. The van der Waals surface area contributed by atoms with Gasteiger partial charge >= 0.3 is 0 Å². The van der Waals surface area contributed by atoms with Crippen LogP contribution in [-0.2, 0) is 9.84 Å². The molecule has 2 rings (SSSR count). The van der Waals surface area contributed by atoms with Gasteiger partial charge in [0.15, 0.2) is 33.1 Å². The van der Waals surface area contributed by atoms with Crippen molar-refractivity contribution in [2.45, 2.75) is 18.1 Å². The molecule has 1 fully saturated rings. The van der Waals surface area contributed by atoms with E-state index in [2.05, 4.69) is 10.3 Å². The van der Waals surface area contributed by atoms with Crippen molar-refractivity contribution in [1.29, 1.82) is 0 Å². The van der Waals surface area contributed by atoms with Crippen LogP contribution in [0.4, 0.5) is 20.4 Å². The Labute approximate surface area is 109 Å². The summed E-state index contributed by atoms with van der Waals surface area (Å²) in [7, 11) is -3.12. The lowest BCUT2D eigenvalue weighted by molar-refractivity contribution is 0.575. The van der Waals surface area contributed by atoms with Crippen LogP contribution in [0.15, 0.2) is 6.07 Å². The minimum atomic E-state index is -3.12. The molecule has 4 N–H and O–H groups in total. The van der Waals surface area contributed by atoms with E-state index in [1.165, 1.54) is 0 Å². The van der Waals surface area contributed by atoms with E-state index in [0.717, 1.165) is 0 Å². The number of pyridine rings is 1. The maximum atomic E-state index is 13.5. The Morgan fingerprint density at radius 2 is 2.05 bits per heavy atom. The molecule has 6 nitrogen and oxygen atoms in total. The highest BCUT2D eigenvalue weighted by molar-refractivity contribution is 7.92. The van der Waals surface area contributed by atoms with Gasteiger partial charge in [0.25, 0.3) is 0 Å². The molecule has 1 unspecified atom stereocenters. The van der Waals surface area contributed by atoms with E-state index in [0.29, 0.717) is 18.9 Å². The van der Waals surface area contributed by atoms with Gasteiger partial charge in [-0.25, -0.2) is 28.0 Å². The van der Waals surface area contributed by atoms with Crippen molar-refractivity contribution in [1.82, 2.24) is 4.98 Å². The predicted molar refractivity (Wildman–Crippen MR) is 67.3 cm³/mol. The molecular formula is C10H14F2N4O2S. The van der Waals surface area contributed by atoms with Gasteiger partial charge in [-0.2, -0.15) is 0 Å². The monoisotopic (exact) mass is 292 g/mol. The third-order valence-electron chi connectivity index (χ3n) is 3.03. The standard InChI is InChI=1S/C10H14F2N4O2S/c11-7-4-8(12)10(16-13)15-9(7)14-5-6-2-1-3-19(6,17)18/h4,6H,1-3,5,13H2,(H2,14,15,16). The highest BCUT2D eigenvalue weighted by atomic mass is 32.2. The first kappa shape index (κ1) is 13.9. The average Bonchev–Trinajstić information content (AvgIpc) is 2.67. The highest BCUT2D eigenvalue weighted by Gasteiger charge is 2.31. The lowest BCUT2D eigenvalue weighted by atomic mass is 10.2. The van der Waals surface area contributed by atoms with Crippen molar-refractivity contribution in [2.75, 3.05) is 23.0 Å². The van der Waals surface area contributed by atoms with E-state index in [9.17, 15) is 17.2 Å². The summed E-state index contributed by atoms with van der Waals surface area (Å²) >= 11 is 0. The van der Waals surface area contributed by atoms with Gasteiger partial charge in [0.1, 0.15) is 0 Å². The van der Waals surface area contributed by atoms with Crippen molar-refractivity contribution in [3.05, 3.63) is 17.7 Å². The molecule has 0 spiro atoms. The summed E-state index contributed by atoms with van der Waals surface area (Å²) in [5.41, 5.74) is 2.00. The third-order valence-corrected chi connectivity index (χ3v) is 5.30. The van der Waals surface area contributed by atoms with E-state index >= 15 is 0 Å². The number of nitrogens with one attached hydrogen (secondary N) is 2. The Bertz CT molecular complexity index is 579. The molecule has 0 saturated carbocycles. The van der Waals surface area contributed by atoms with Crippen molar-refractivity contribution in [2.24, 2.45) is 5.84 Å². The lowest BCUT2D eigenvalue weighted by Gasteiger charge is -2.13. The van der Waals surface area contributed by atoms with Gasteiger partial charge in [0, 0.05) is 12.6 Å². The quantitative estimate of drug-likeness (QED) is 0.556. The summed E-state index contributed by atoms with van der Waals surface area (Å²) in [4.78, 5) is 3.61. The molecule has 1 aromatic heterocycles. The summed E-state index contributed by atoms with van der Waals surface area (Å²) in [5.74, 6) is 2.83. The number of sulfone groups is 1. The predicted octanol–water partition coefficient (Wildman–Crippen LogP) is 0.634. The maximum Gasteiger partial charge on any atom is 0.178 e. The van der Waals surface area contributed by atoms with Crippen LogP contribution >= 0.6 is 0 Å². The van der Waals surface area contributed by atoms with E-state index in [-0.39, 0.29) is 23.9 Å². The molecule has 106 valence electrons. The number of halogens is 2. The first-order chi connectivity index (χ1) is 8.94. The maximum absolute atomic E-state index is 13.5. The second-order valence-corrected chi connectivity index (χ2v) is 6.71. The number of anilines is 2. The molecule has 19 heavy (non-hydrogen) atoms. The van der Waals surface area contributed by atoms with Crippen LogP contribution < -0.4 is 16.6 Å². The molecular weight excluding hydrogens is 278 g/mol. The number of nitrogen functional groups attached to an aromatic ring is 1. The molecule has 1 aromatic rings. The van der Waals surface area contributed by atoms with Gasteiger partial charge in [-0.3, -0.25) is 0 Å². The fourth-order valence-corrected chi connectivity index (χ4v) is 3.76. The molecule has 0 radical (unpaired) electrons. The molecule has 1 saturated heterocycles. The van der Waals surface area contributed by atoms with Gasteiger partial charge in [-0.05, 0) is 12.8 Å². The summed E-state index contributed by atoms with van der Waals surface area (Å²) in [6.07, 6.45) is 1.13. The molecule has 2 heterocycles. The van der Waals surface area contributed by atoms with Gasteiger partial charge in [0.05, 0.1) is 11.0 Å². The SMILES string of the molecule is NNc1nc(NCC2CCCS2(=O)=O)c(F)cc1F. The first-order valence-electron chi connectivity index (χ1n) is 5.72. The van der Waals surface area contributed by atoms with Crippen LogP contribution in [0.25, 0.3) is 0 Å². The Hall–Kier alpha value is -1.48. The number of nitrogens with zero attached hydrogens (tertiary/aromatic N) is 1. The Balaban J connectivity index is 2.11. The van der Waals surface area contributed by atoms with Crippen molar-refractivity contribution < 1.29 is 17.2 Å². The van der Waals surface area contributed by atoms with E-state index in [1.807, 2.05) is 5.43 Å². The van der Waals surface area contributed by atoms with Gasteiger partial charge in [0.2, 0.25) is 0 Å². The summed E-state index contributed by atoms with van der Waals surface area (Å²) in [5, 5.41) is 2.02. The molecule has 9 heteroatoms. The molecule has 1 atom stereocenters. The minimum absolute atomic E-state index is 0.0435. The third kappa shape index (κ3) is 2.92. The van der Waals surface area contributed by atoms with Gasteiger partial charge in [-0.1, -0.05) is 0 Å². The number of nitrogens with two attached hydrogens (primary N) is 1. The Morgan fingerprint density at radius 1 is 1.37 bits per heavy atom. The van der Waals surface area contributed by atoms with Gasteiger partial charge in [-0.15, -0.1) is 0 Å². The van der Waals surface area contributed by atoms with Crippen molar-refractivity contribution in [3.63, 3.8) is 0 Å².